The molecule has 1 unspecified atom stereocenters. The Morgan fingerprint density at radius 3 is 2.88 bits per heavy atom. The van der Waals surface area contributed by atoms with E-state index in [0.29, 0.717) is 6.04 Å². The van der Waals surface area contributed by atoms with Crippen molar-refractivity contribution in [3.63, 3.8) is 0 Å². The summed E-state index contributed by atoms with van der Waals surface area (Å²) in [5.74, 6) is 2.81. The molecule has 1 aromatic rings. The predicted octanol–water partition coefficient (Wildman–Crippen LogP) is 3.07. The highest BCUT2D eigenvalue weighted by atomic mass is 15.0. The molecule has 1 nitrogen and oxygen atoms in total. The van der Waals surface area contributed by atoms with Crippen LogP contribution < -0.4 is 5.32 Å². The third-order valence-corrected chi connectivity index (χ3v) is 3.27. The molecular formula is C15H19N. The van der Waals surface area contributed by atoms with Crippen LogP contribution in [0.25, 0.3) is 0 Å². The molecule has 0 heterocycles. The second-order valence-electron chi connectivity index (χ2n) is 5.06. The number of benzene rings is 1. The summed E-state index contributed by atoms with van der Waals surface area (Å²) in [6, 6.07) is 9.09. The molecule has 0 saturated carbocycles. The molecule has 0 radical (unpaired) electrons. The minimum atomic E-state index is -0.227. The Morgan fingerprint density at radius 1 is 1.38 bits per heavy atom. The molecule has 1 aromatic carbocycles. The van der Waals surface area contributed by atoms with Crippen LogP contribution in [0.2, 0.25) is 0 Å². The fraction of sp³-hybridized carbons (Fsp3) is 0.467. The van der Waals surface area contributed by atoms with E-state index < -0.39 is 0 Å². The van der Waals surface area contributed by atoms with Gasteiger partial charge in [0.15, 0.2) is 0 Å². The van der Waals surface area contributed by atoms with Crippen molar-refractivity contribution in [1.82, 2.24) is 5.32 Å². The Morgan fingerprint density at radius 2 is 2.12 bits per heavy atom. The molecule has 0 aliphatic heterocycles. The number of nitrogens with one attached hydrogen (secondary N) is 1. The van der Waals surface area contributed by atoms with Crippen molar-refractivity contribution in [1.29, 1.82) is 0 Å². The zero-order chi connectivity index (χ0) is 11.6. The minimum Gasteiger partial charge on any atom is -0.295 e. The van der Waals surface area contributed by atoms with E-state index >= 15 is 0 Å². The largest absolute Gasteiger partial charge is 0.295 e. The van der Waals surface area contributed by atoms with Crippen molar-refractivity contribution < 1.29 is 0 Å². The van der Waals surface area contributed by atoms with Gasteiger partial charge in [-0.05, 0) is 44.2 Å². The number of rotatable bonds is 2. The van der Waals surface area contributed by atoms with Crippen LogP contribution in [-0.4, -0.2) is 5.54 Å². The number of hydrogen-bond acceptors (Lipinski definition) is 1. The number of aryl methyl sites for hydroxylation is 1. The van der Waals surface area contributed by atoms with Gasteiger partial charge in [-0.15, -0.1) is 6.42 Å². The number of fused-ring (bicyclic) bond motifs is 1. The zero-order valence-corrected chi connectivity index (χ0v) is 10.1. The van der Waals surface area contributed by atoms with Gasteiger partial charge in [-0.1, -0.05) is 30.2 Å². The van der Waals surface area contributed by atoms with Crippen molar-refractivity contribution >= 4 is 0 Å². The topological polar surface area (TPSA) is 12.0 Å². The molecule has 0 saturated heterocycles. The van der Waals surface area contributed by atoms with Crippen LogP contribution in [0, 0.1) is 12.3 Å². The summed E-state index contributed by atoms with van der Waals surface area (Å²) in [7, 11) is 0. The van der Waals surface area contributed by atoms with Crippen LogP contribution in [0.1, 0.15) is 43.9 Å². The van der Waals surface area contributed by atoms with Crippen molar-refractivity contribution in [3.8, 4) is 12.3 Å². The lowest BCUT2D eigenvalue weighted by Gasteiger charge is -2.32. The molecule has 0 aromatic heterocycles. The summed E-state index contributed by atoms with van der Waals surface area (Å²) in [6.45, 7) is 4.12. The molecule has 0 spiro atoms. The van der Waals surface area contributed by atoms with E-state index in [1.54, 1.807) is 0 Å². The van der Waals surface area contributed by atoms with Crippen molar-refractivity contribution in [2.45, 2.75) is 44.7 Å². The van der Waals surface area contributed by atoms with Gasteiger partial charge < -0.3 is 0 Å². The number of hydrogen-bond donors (Lipinski definition) is 1. The molecule has 84 valence electrons. The first-order valence-electron chi connectivity index (χ1n) is 5.96. The summed E-state index contributed by atoms with van der Waals surface area (Å²) in [4.78, 5) is 0. The van der Waals surface area contributed by atoms with Crippen LogP contribution >= 0.6 is 0 Å². The van der Waals surface area contributed by atoms with Gasteiger partial charge in [0.05, 0.1) is 5.54 Å². The summed E-state index contributed by atoms with van der Waals surface area (Å²) in [5.41, 5.74) is 2.67. The smallest absolute Gasteiger partial charge is 0.0746 e. The fourth-order valence-electron chi connectivity index (χ4n) is 2.38. The quantitative estimate of drug-likeness (QED) is 0.744. The lowest BCUT2D eigenvalue weighted by Crippen LogP contribution is -2.41. The third kappa shape index (κ3) is 2.28. The molecule has 2 rings (SSSR count). The van der Waals surface area contributed by atoms with Gasteiger partial charge >= 0.3 is 0 Å². The molecule has 1 atom stereocenters. The van der Waals surface area contributed by atoms with Gasteiger partial charge in [-0.2, -0.15) is 0 Å². The highest BCUT2D eigenvalue weighted by Gasteiger charge is 2.24. The second-order valence-corrected chi connectivity index (χ2v) is 5.06. The van der Waals surface area contributed by atoms with Crippen LogP contribution in [0.3, 0.4) is 0 Å². The molecule has 1 heteroatoms. The molecule has 0 bridgehead atoms. The Hall–Kier alpha value is -1.26. The molecule has 0 amide bonds. The first kappa shape index (κ1) is 11.2. The van der Waals surface area contributed by atoms with Gasteiger partial charge in [0.2, 0.25) is 0 Å². The van der Waals surface area contributed by atoms with Crippen molar-refractivity contribution in [2.75, 3.05) is 0 Å². The van der Waals surface area contributed by atoms with E-state index in [1.807, 2.05) is 0 Å². The normalized spacial score (nSPS) is 19.9. The van der Waals surface area contributed by atoms with Gasteiger partial charge in [0.1, 0.15) is 0 Å². The maximum Gasteiger partial charge on any atom is 0.0746 e. The SMILES string of the molecule is C#CC(C)(C)NC1CCCc2ccccc21. The van der Waals surface area contributed by atoms with Gasteiger partial charge in [0, 0.05) is 6.04 Å². The predicted molar refractivity (Wildman–Crippen MR) is 68.2 cm³/mol. The van der Waals surface area contributed by atoms with Crippen molar-refractivity contribution in [3.05, 3.63) is 35.4 Å². The first-order valence-corrected chi connectivity index (χ1v) is 5.96. The molecule has 1 N–H and O–H groups in total. The standard InChI is InChI=1S/C15H19N/c1-4-15(2,3)16-14-11-7-9-12-8-5-6-10-13(12)14/h1,5-6,8,10,14,16H,7,9,11H2,2-3H3. The van der Waals surface area contributed by atoms with E-state index in [9.17, 15) is 0 Å². The lowest BCUT2D eigenvalue weighted by molar-refractivity contribution is 0.375. The van der Waals surface area contributed by atoms with Crippen LogP contribution in [-0.2, 0) is 6.42 Å². The zero-order valence-electron chi connectivity index (χ0n) is 10.1. The Labute approximate surface area is 98.3 Å². The summed E-state index contributed by atoms with van der Waals surface area (Å²) in [6.07, 6.45) is 9.16. The Balaban J connectivity index is 2.23. The van der Waals surface area contributed by atoms with Crippen LogP contribution in [0.5, 0.6) is 0 Å². The molecule has 1 aliphatic carbocycles. The van der Waals surface area contributed by atoms with Crippen LogP contribution in [0.15, 0.2) is 24.3 Å². The third-order valence-electron chi connectivity index (χ3n) is 3.27. The van der Waals surface area contributed by atoms with E-state index in [2.05, 4.69) is 49.4 Å². The summed E-state index contributed by atoms with van der Waals surface area (Å²) < 4.78 is 0. The number of terminal acetylenes is 1. The second kappa shape index (κ2) is 4.31. The monoisotopic (exact) mass is 213 g/mol. The average Bonchev–Trinajstić information content (AvgIpc) is 2.29. The molecule has 16 heavy (non-hydrogen) atoms. The fourth-order valence-corrected chi connectivity index (χ4v) is 2.38. The van der Waals surface area contributed by atoms with Gasteiger partial charge in [0.25, 0.3) is 0 Å². The van der Waals surface area contributed by atoms with Crippen molar-refractivity contribution in [2.24, 2.45) is 0 Å². The molecular weight excluding hydrogens is 194 g/mol. The Bertz CT molecular complexity index is 412. The van der Waals surface area contributed by atoms with E-state index in [1.165, 1.54) is 30.4 Å². The maximum absolute atomic E-state index is 5.53. The summed E-state index contributed by atoms with van der Waals surface area (Å²) in [5, 5.41) is 3.56. The highest BCUT2D eigenvalue weighted by molar-refractivity contribution is 5.32. The lowest BCUT2D eigenvalue weighted by atomic mass is 9.86. The maximum atomic E-state index is 5.53. The van der Waals surface area contributed by atoms with E-state index in [4.69, 9.17) is 6.42 Å². The molecule has 0 fully saturated rings. The van der Waals surface area contributed by atoms with E-state index in [0.717, 1.165) is 0 Å². The van der Waals surface area contributed by atoms with Gasteiger partial charge in [-0.3, -0.25) is 5.32 Å². The van der Waals surface area contributed by atoms with E-state index in [-0.39, 0.29) is 5.54 Å². The first-order chi connectivity index (χ1) is 7.62. The van der Waals surface area contributed by atoms with Crippen LogP contribution in [0.4, 0.5) is 0 Å². The Kier molecular flexibility index (Phi) is 3.03. The van der Waals surface area contributed by atoms with Gasteiger partial charge in [-0.25, -0.2) is 0 Å². The summed E-state index contributed by atoms with van der Waals surface area (Å²) >= 11 is 0. The average molecular weight is 213 g/mol. The highest BCUT2D eigenvalue weighted by Crippen LogP contribution is 2.30. The molecule has 1 aliphatic rings. The minimum absolute atomic E-state index is 0.227.